The van der Waals surface area contributed by atoms with Gasteiger partial charge in [-0.3, -0.25) is 9.36 Å². The first-order valence-corrected chi connectivity index (χ1v) is 8.07. The van der Waals surface area contributed by atoms with Gasteiger partial charge in [0.1, 0.15) is 0 Å². The molecule has 0 spiro atoms. The van der Waals surface area contributed by atoms with E-state index in [1.807, 2.05) is 0 Å². The quantitative estimate of drug-likeness (QED) is 0.712. The fraction of sp³-hybridized carbons (Fsp3) is 0.211. The summed E-state index contributed by atoms with van der Waals surface area (Å²) in [6, 6.07) is 12.1. The zero-order valence-corrected chi connectivity index (χ0v) is 14.4. The van der Waals surface area contributed by atoms with Gasteiger partial charge in [-0.1, -0.05) is 18.2 Å². The number of oxazole rings is 1. The molecule has 7 nitrogen and oxygen atoms in total. The predicted octanol–water partition coefficient (Wildman–Crippen LogP) is 2.72. The van der Waals surface area contributed by atoms with Crippen LogP contribution in [0.15, 0.2) is 51.7 Å². The molecule has 3 rings (SSSR count). The fourth-order valence-electron chi connectivity index (χ4n) is 2.75. The lowest BCUT2D eigenvalue weighted by molar-refractivity contribution is -0.116. The minimum atomic E-state index is -0.497. The van der Waals surface area contributed by atoms with E-state index in [1.165, 1.54) is 11.7 Å². The van der Waals surface area contributed by atoms with Crippen molar-refractivity contribution in [3.8, 4) is 0 Å². The van der Waals surface area contributed by atoms with Gasteiger partial charge >= 0.3 is 11.7 Å². The molecule has 3 aromatic rings. The molecule has 7 heteroatoms. The first kappa shape index (κ1) is 17.5. The third kappa shape index (κ3) is 3.37. The number of para-hydroxylation sites is 2. The molecule has 0 aliphatic rings. The van der Waals surface area contributed by atoms with Gasteiger partial charge in [0.15, 0.2) is 5.58 Å². The highest BCUT2D eigenvalue weighted by atomic mass is 16.5. The molecule has 0 bridgehead atoms. The van der Waals surface area contributed by atoms with Crippen LogP contribution in [-0.2, 0) is 16.1 Å². The van der Waals surface area contributed by atoms with Crippen LogP contribution in [0.4, 0.5) is 5.69 Å². The summed E-state index contributed by atoms with van der Waals surface area (Å²) in [7, 11) is 1.31. The standard InChI is InChI=1S/C19H18N2O5/c1-12-13(18(23)25-2)6-5-7-14(12)20-17(22)10-11-21-15-8-3-4-9-16(15)26-19(21)24/h3-9H,10-11H2,1-2H3,(H,20,22). The van der Waals surface area contributed by atoms with Crippen molar-refractivity contribution in [1.82, 2.24) is 4.57 Å². The van der Waals surface area contributed by atoms with Crippen molar-refractivity contribution in [3.05, 3.63) is 64.1 Å². The largest absolute Gasteiger partial charge is 0.465 e. The highest BCUT2D eigenvalue weighted by molar-refractivity contribution is 5.96. The molecule has 1 aromatic heterocycles. The first-order chi connectivity index (χ1) is 12.5. The summed E-state index contributed by atoms with van der Waals surface area (Å²) < 4.78 is 11.3. The Balaban J connectivity index is 1.73. The summed E-state index contributed by atoms with van der Waals surface area (Å²) in [5.41, 5.74) is 2.68. The average molecular weight is 354 g/mol. The summed E-state index contributed by atoms with van der Waals surface area (Å²) in [6.07, 6.45) is 0.0886. The van der Waals surface area contributed by atoms with Crippen LogP contribution in [0.1, 0.15) is 22.3 Å². The van der Waals surface area contributed by atoms with Gasteiger partial charge in [0.2, 0.25) is 5.91 Å². The zero-order valence-electron chi connectivity index (χ0n) is 14.4. The van der Waals surface area contributed by atoms with Crippen molar-refractivity contribution in [1.29, 1.82) is 0 Å². The molecular weight excluding hydrogens is 336 g/mol. The molecule has 0 aliphatic heterocycles. The van der Waals surface area contributed by atoms with Gasteiger partial charge in [0.05, 0.1) is 18.2 Å². The third-order valence-electron chi connectivity index (χ3n) is 4.15. The van der Waals surface area contributed by atoms with Crippen LogP contribution in [0.3, 0.4) is 0 Å². The molecule has 0 radical (unpaired) electrons. The first-order valence-electron chi connectivity index (χ1n) is 8.07. The van der Waals surface area contributed by atoms with Crippen LogP contribution in [-0.4, -0.2) is 23.6 Å². The summed E-state index contributed by atoms with van der Waals surface area (Å²) in [6.45, 7) is 1.92. The molecular formula is C19H18N2O5. The Hall–Kier alpha value is -3.35. The fourth-order valence-corrected chi connectivity index (χ4v) is 2.75. The lowest BCUT2D eigenvalue weighted by Gasteiger charge is -2.11. The van der Waals surface area contributed by atoms with E-state index < -0.39 is 11.7 Å². The number of fused-ring (bicyclic) bond motifs is 1. The van der Waals surface area contributed by atoms with Gasteiger partial charge in [-0.2, -0.15) is 0 Å². The van der Waals surface area contributed by atoms with Gasteiger partial charge in [-0.25, -0.2) is 9.59 Å². The second-order valence-corrected chi connectivity index (χ2v) is 5.76. The Morgan fingerprint density at radius 2 is 1.92 bits per heavy atom. The number of nitrogens with zero attached hydrogens (tertiary/aromatic N) is 1. The molecule has 0 saturated carbocycles. The summed E-state index contributed by atoms with van der Waals surface area (Å²) in [5, 5.41) is 2.77. The molecule has 0 saturated heterocycles. The number of amides is 1. The van der Waals surface area contributed by atoms with Crippen LogP contribution in [0.2, 0.25) is 0 Å². The highest BCUT2D eigenvalue weighted by Crippen LogP contribution is 2.20. The van der Waals surface area contributed by atoms with Crippen molar-refractivity contribution < 1.29 is 18.7 Å². The van der Waals surface area contributed by atoms with Gasteiger partial charge < -0.3 is 14.5 Å². The molecule has 26 heavy (non-hydrogen) atoms. The van der Waals surface area contributed by atoms with Gasteiger partial charge in [-0.05, 0) is 36.8 Å². The zero-order chi connectivity index (χ0) is 18.7. The number of anilines is 1. The Morgan fingerprint density at radius 3 is 2.69 bits per heavy atom. The highest BCUT2D eigenvalue weighted by Gasteiger charge is 2.14. The second-order valence-electron chi connectivity index (χ2n) is 5.76. The van der Waals surface area contributed by atoms with E-state index >= 15 is 0 Å². The third-order valence-corrected chi connectivity index (χ3v) is 4.15. The Morgan fingerprint density at radius 1 is 1.15 bits per heavy atom. The smallest absolute Gasteiger partial charge is 0.419 e. The number of aryl methyl sites for hydroxylation is 1. The molecule has 0 atom stereocenters. The number of nitrogens with one attached hydrogen (secondary N) is 1. The van der Waals surface area contributed by atoms with Crippen molar-refractivity contribution >= 4 is 28.7 Å². The molecule has 1 heterocycles. The van der Waals surface area contributed by atoms with Crippen LogP contribution in [0, 0.1) is 6.92 Å². The van der Waals surface area contributed by atoms with Crippen LogP contribution >= 0.6 is 0 Å². The van der Waals surface area contributed by atoms with E-state index in [0.29, 0.717) is 27.9 Å². The van der Waals surface area contributed by atoms with Gasteiger partial charge in [-0.15, -0.1) is 0 Å². The Labute approximate surface area is 149 Å². The molecule has 0 unspecified atom stereocenters. The normalized spacial score (nSPS) is 10.7. The summed E-state index contributed by atoms with van der Waals surface area (Å²) in [5.74, 6) is -1.23. The summed E-state index contributed by atoms with van der Waals surface area (Å²) in [4.78, 5) is 35.9. The van der Waals surface area contributed by atoms with Gasteiger partial charge in [0.25, 0.3) is 0 Å². The number of methoxy groups -OCH3 is 1. The molecule has 1 N–H and O–H groups in total. The minimum absolute atomic E-state index is 0.0886. The molecule has 2 aromatic carbocycles. The van der Waals surface area contributed by atoms with E-state index in [9.17, 15) is 14.4 Å². The van der Waals surface area contributed by atoms with E-state index in [-0.39, 0.29) is 18.9 Å². The monoisotopic (exact) mass is 354 g/mol. The molecule has 0 aliphatic carbocycles. The number of hydrogen-bond acceptors (Lipinski definition) is 5. The van der Waals surface area contributed by atoms with Crippen LogP contribution < -0.4 is 11.1 Å². The second kappa shape index (κ2) is 7.26. The minimum Gasteiger partial charge on any atom is -0.465 e. The molecule has 1 amide bonds. The Bertz CT molecular complexity index is 1030. The number of carbonyl (C=O) groups is 2. The molecule has 134 valence electrons. The predicted molar refractivity (Wildman–Crippen MR) is 96.2 cm³/mol. The van der Waals surface area contributed by atoms with Crippen LogP contribution in [0.5, 0.6) is 0 Å². The van der Waals surface area contributed by atoms with E-state index in [2.05, 4.69) is 5.32 Å². The lowest BCUT2D eigenvalue weighted by Crippen LogP contribution is -2.20. The number of esters is 1. The van der Waals surface area contributed by atoms with Crippen molar-refractivity contribution in [2.75, 3.05) is 12.4 Å². The van der Waals surface area contributed by atoms with Crippen molar-refractivity contribution in [2.24, 2.45) is 0 Å². The SMILES string of the molecule is COC(=O)c1cccc(NC(=O)CCn2c(=O)oc3ccccc32)c1C. The maximum atomic E-state index is 12.3. The number of carbonyl (C=O) groups excluding carboxylic acids is 2. The number of benzene rings is 2. The number of hydrogen-bond donors (Lipinski definition) is 1. The lowest BCUT2D eigenvalue weighted by atomic mass is 10.1. The number of rotatable bonds is 5. The number of ether oxygens (including phenoxy) is 1. The average Bonchev–Trinajstić information content (AvgIpc) is 2.96. The van der Waals surface area contributed by atoms with E-state index in [4.69, 9.17) is 9.15 Å². The summed E-state index contributed by atoms with van der Waals surface area (Å²) >= 11 is 0. The maximum absolute atomic E-state index is 12.3. The van der Waals surface area contributed by atoms with Crippen molar-refractivity contribution in [3.63, 3.8) is 0 Å². The van der Waals surface area contributed by atoms with Crippen molar-refractivity contribution in [2.45, 2.75) is 19.9 Å². The van der Waals surface area contributed by atoms with E-state index in [1.54, 1.807) is 49.4 Å². The maximum Gasteiger partial charge on any atom is 0.419 e. The Kier molecular flexibility index (Phi) is 4.88. The number of aromatic nitrogens is 1. The topological polar surface area (TPSA) is 90.5 Å². The van der Waals surface area contributed by atoms with E-state index in [0.717, 1.165) is 0 Å². The molecule has 0 fully saturated rings. The van der Waals surface area contributed by atoms with Gasteiger partial charge in [0, 0.05) is 18.7 Å². The van der Waals surface area contributed by atoms with Crippen LogP contribution in [0.25, 0.3) is 11.1 Å².